The van der Waals surface area contributed by atoms with Crippen LogP contribution in [0.25, 0.3) is 16.8 Å². The Morgan fingerprint density at radius 1 is 1.00 bits per heavy atom. The van der Waals surface area contributed by atoms with Crippen LogP contribution in [0, 0.1) is 0 Å². The molecule has 0 aliphatic carbocycles. The van der Waals surface area contributed by atoms with Crippen molar-refractivity contribution in [3.63, 3.8) is 0 Å². The molecule has 1 heterocycles. The quantitative estimate of drug-likeness (QED) is 0.790. The van der Waals surface area contributed by atoms with Gasteiger partial charge in [0.2, 0.25) is 0 Å². The Bertz CT molecular complexity index is 844. The third-order valence-corrected chi connectivity index (χ3v) is 3.43. The van der Waals surface area contributed by atoms with Gasteiger partial charge in [0.25, 0.3) is 0 Å². The number of halogens is 1. The van der Waals surface area contributed by atoms with Crippen LogP contribution in [0.2, 0.25) is 5.02 Å². The molecular weight excluding hydrogens is 286 g/mol. The highest BCUT2D eigenvalue weighted by atomic mass is 35.5. The number of anilines is 1. The second-order valence-corrected chi connectivity index (χ2v) is 4.95. The van der Waals surface area contributed by atoms with Gasteiger partial charge in [-0.25, -0.2) is 4.79 Å². The Morgan fingerprint density at radius 3 is 2.48 bits per heavy atom. The molecule has 3 aromatic rings. The Hall–Kier alpha value is -2.59. The lowest BCUT2D eigenvalue weighted by Crippen LogP contribution is -2.22. The zero-order chi connectivity index (χ0) is 14.8. The van der Waals surface area contributed by atoms with E-state index in [9.17, 15) is 4.79 Å². The zero-order valence-corrected chi connectivity index (χ0v) is 11.8. The van der Waals surface area contributed by atoms with E-state index < -0.39 is 5.69 Å². The molecule has 0 aliphatic heterocycles. The molecule has 0 radical (unpaired) electrons. The van der Waals surface area contributed by atoms with Crippen LogP contribution in [-0.4, -0.2) is 9.55 Å². The monoisotopic (exact) mass is 297 g/mol. The van der Waals surface area contributed by atoms with Gasteiger partial charge in [-0.1, -0.05) is 54.1 Å². The van der Waals surface area contributed by atoms with Gasteiger partial charge in [0.1, 0.15) is 5.82 Å². The minimum absolute atomic E-state index is 0.0390. The van der Waals surface area contributed by atoms with Crippen LogP contribution in [0.5, 0.6) is 0 Å². The molecule has 0 atom stereocenters. The van der Waals surface area contributed by atoms with Crippen LogP contribution in [-0.2, 0) is 0 Å². The number of nitrogen functional groups attached to an aromatic ring is 1. The smallest absolute Gasteiger partial charge is 0.354 e. The molecule has 1 aromatic heterocycles. The van der Waals surface area contributed by atoms with E-state index in [-0.39, 0.29) is 10.8 Å². The lowest BCUT2D eigenvalue weighted by atomic mass is 10.1. The molecule has 5 heteroatoms. The topological polar surface area (TPSA) is 60.9 Å². The van der Waals surface area contributed by atoms with Crippen molar-refractivity contribution in [3.8, 4) is 16.8 Å². The molecule has 0 fully saturated rings. The van der Waals surface area contributed by atoms with Gasteiger partial charge in [0, 0.05) is 6.20 Å². The van der Waals surface area contributed by atoms with Crippen molar-refractivity contribution in [2.45, 2.75) is 0 Å². The summed E-state index contributed by atoms with van der Waals surface area (Å²) in [5, 5.41) is 0.250. The molecule has 0 spiro atoms. The van der Waals surface area contributed by atoms with Gasteiger partial charge in [-0.3, -0.25) is 4.57 Å². The van der Waals surface area contributed by atoms with Crippen LogP contribution < -0.4 is 11.4 Å². The first kappa shape index (κ1) is 13.4. The maximum absolute atomic E-state index is 12.0. The molecule has 0 amide bonds. The van der Waals surface area contributed by atoms with Crippen LogP contribution in [0.4, 0.5) is 5.82 Å². The summed E-state index contributed by atoms with van der Waals surface area (Å²) in [7, 11) is 0. The van der Waals surface area contributed by atoms with Gasteiger partial charge in [0.05, 0.1) is 10.7 Å². The summed E-state index contributed by atoms with van der Waals surface area (Å²) < 4.78 is 1.38. The predicted molar refractivity (Wildman–Crippen MR) is 84.7 cm³/mol. The number of benzene rings is 2. The number of rotatable bonds is 2. The Kier molecular flexibility index (Phi) is 3.46. The molecule has 0 saturated heterocycles. The van der Waals surface area contributed by atoms with E-state index in [4.69, 9.17) is 17.3 Å². The fourth-order valence-electron chi connectivity index (χ4n) is 2.10. The van der Waals surface area contributed by atoms with Crippen LogP contribution >= 0.6 is 11.6 Å². The molecular formula is C16H12ClN3O. The number of hydrogen-bond acceptors (Lipinski definition) is 3. The van der Waals surface area contributed by atoms with E-state index in [1.807, 2.05) is 54.6 Å². The van der Waals surface area contributed by atoms with Crippen molar-refractivity contribution in [2.24, 2.45) is 0 Å². The summed E-state index contributed by atoms with van der Waals surface area (Å²) in [6, 6.07) is 17.5. The molecule has 0 unspecified atom stereocenters. The average molecular weight is 298 g/mol. The molecule has 3 rings (SSSR count). The summed E-state index contributed by atoms with van der Waals surface area (Å²) in [6.45, 7) is 0. The van der Waals surface area contributed by atoms with Crippen molar-refractivity contribution < 1.29 is 0 Å². The van der Waals surface area contributed by atoms with Crippen LogP contribution in [0.3, 0.4) is 0 Å². The van der Waals surface area contributed by atoms with Gasteiger partial charge in [0.15, 0.2) is 0 Å². The van der Waals surface area contributed by atoms with Gasteiger partial charge in [-0.15, -0.1) is 0 Å². The van der Waals surface area contributed by atoms with Crippen LogP contribution in [0.1, 0.15) is 0 Å². The van der Waals surface area contributed by atoms with Crippen molar-refractivity contribution in [2.75, 3.05) is 5.73 Å². The molecule has 2 aromatic carbocycles. The fraction of sp³-hybridized carbons (Fsp3) is 0. The van der Waals surface area contributed by atoms with Crippen molar-refractivity contribution >= 4 is 17.4 Å². The fourth-order valence-corrected chi connectivity index (χ4v) is 2.24. The predicted octanol–water partition coefficient (Wildman–Crippen LogP) is 3.14. The molecule has 0 saturated carbocycles. The minimum atomic E-state index is -0.456. The number of nitrogens with two attached hydrogens (primary N) is 1. The summed E-state index contributed by atoms with van der Waals surface area (Å²) in [5.41, 5.74) is 7.84. The Balaban J connectivity index is 2.13. The van der Waals surface area contributed by atoms with Gasteiger partial charge in [-0.05, 0) is 23.3 Å². The third kappa shape index (κ3) is 2.66. The normalized spacial score (nSPS) is 10.5. The maximum Gasteiger partial charge on any atom is 0.354 e. The maximum atomic E-state index is 12.0. The van der Waals surface area contributed by atoms with E-state index >= 15 is 0 Å². The molecule has 21 heavy (non-hydrogen) atoms. The van der Waals surface area contributed by atoms with Crippen LogP contribution in [0.15, 0.2) is 65.6 Å². The average Bonchev–Trinajstić information content (AvgIpc) is 2.52. The molecule has 0 aliphatic rings. The Morgan fingerprint density at radius 2 is 1.71 bits per heavy atom. The minimum Gasteiger partial charge on any atom is -0.382 e. The molecule has 0 bridgehead atoms. The largest absolute Gasteiger partial charge is 0.382 e. The van der Waals surface area contributed by atoms with Crippen molar-refractivity contribution in [3.05, 3.63) is 76.3 Å². The number of nitrogens with zero attached hydrogens (tertiary/aromatic N) is 2. The first-order valence-electron chi connectivity index (χ1n) is 6.36. The van der Waals surface area contributed by atoms with Crippen molar-refractivity contribution in [1.29, 1.82) is 0 Å². The molecule has 104 valence electrons. The summed E-state index contributed by atoms with van der Waals surface area (Å²) in [5.74, 6) is 0.0390. The number of aromatic nitrogens is 2. The third-order valence-electron chi connectivity index (χ3n) is 3.14. The van der Waals surface area contributed by atoms with Crippen molar-refractivity contribution in [1.82, 2.24) is 9.55 Å². The van der Waals surface area contributed by atoms with Gasteiger partial charge in [-0.2, -0.15) is 4.98 Å². The van der Waals surface area contributed by atoms with Gasteiger partial charge < -0.3 is 5.73 Å². The molecule has 4 nitrogen and oxygen atoms in total. The van der Waals surface area contributed by atoms with E-state index in [0.29, 0.717) is 5.69 Å². The second kappa shape index (κ2) is 5.42. The van der Waals surface area contributed by atoms with E-state index in [1.165, 1.54) is 10.8 Å². The first-order valence-corrected chi connectivity index (χ1v) is 6.73. The van der Waals surface area contributed by atoms with Gasteiger partial charge >= 0.3 is 5.69 Å². The summed E-state index contributed by atoms with van der Waals surface area (Å²) >= 11 is 5.95. The Labute approximate surface area is 126 Å². The zero-order valence-electron chi connectivity index (χ0n) is 11.0. The van der Waals surface area contributed by atoms with E-state index in [1.54, 1.807) is 0 Å². The summed E-state index contributed by atoms with van der Waals surface area (Å²) in [4.78, 5) is 15.7. The first-order chi connectivity index (χ1) is 10.1. The lowest BCUT2D eigenvalue weighted by Gasteiger charge is -2.09. The highest BCUT2D eigenvalue weighted by Gasteiger charge is 2.07. The molecule has 2 N–H and O–H groups in total. The standard InChI is InChI=1S/C16H12ClN3O/c17-14-10-20(16(21)19-15(14)18)13-8-4-7-12(9-13)11-5-2-1-3-6-11/h1-10H,(H2,18,19,21). The van der Waals surface area contributed by atoms with E-state index in [2.05, 4.69) is 4.98 Å². The number of hydrogen-bond donors (Lipinski definition) is 1. The highest BCUT2D eigenvalue weighted by molar-refractivity contribution is 6.32. The SMILES string of the molecule is Nc1nc(=O)n(-c2cccc(-c3ccccc3)c2)cc1Cl. The summed E-state index contributed by atoms with van der Waals surface area (Å²) in [6.07, 6.45) is 1.48. The lowest BCUT2D eigenvalue weighted by molar-refractivity contribution is 0.920. The highest BCUT2D eigenvalue weighted by Crippen LogP contribution is 2.22. The second-order valence-electron chi connectivity index (χ2n) is 4.54. The van der Waals surface area contributed by atoms with E-state index in [0.717, 1.165) is 11.1 Å².